The number of nitrogens with zero attached hydrogens (tertiary/aromatic N) is 6. The summed E-state index contributed by atoms with van der Waals surface area (Å²) in [5, 5.41) is 12.7. The van der Waals surface area contributed by atoms with Crippen molar-refractivity contribution in [3.05, 3.63) is 48.9 Å². The first-order valence-electron chi connectivity index (χ1n) is 10.6. The van der Waals surface area contributed by atoms with Gasteiger partial charge in [0.1, 0.15) is 18.1 Å². The number of hydrogen-bond donors (Lipinski definition) is 3. The van der Waals surface area contributed by atoms with Crippen LogP contribution in [0.4, 0.5) is 21.0 Å². The van der Waals surface area contributed by atoms with E-state index in [2.05, 4.69) is 40.8 Å². The second-order valence-corrected chi connectivity index (χ2v) is 8.02. The van der Waals surface area contributed by atoms with Crippen LogP contribution in [-0.4, -0.2) is 65.6 Å². The molecule has 0 bridgehead atoms. The Morgan fingerprint density at radius 2 is 2.15 bits per heavy atom. The number of nitrogens with one attached hydrogen (secondary N) is 3. The van der Waals surface area contributed by atoms with Crippen molar-refractivity contribution in [2.45, 2.75) is 38.3 Å². The molecular weight excluding hydrogens is 445 g/mol. The highest BCUT2D eigenvalue weighted by Gasteiger charge is 2.42. The zero-order valence-corrected chi connectivity index (χ0v) is 18.3. The maximum atomic E-state index is 14.9. The number of halogens is 1. The number of rotatable bonds is 6. The van der Waals surface area contributed by atoms with Gasteiger partial charge in [-0.15, -0.1) is 0 Å². The molecule has 13 heteroatoms. The zero-order chi connectivity index (χ0) is 23.7. The van der Waals surface area contributed by atoms with Crippen molar-refractivity contribution in [1.29, 1.82) is 0 Å². The van der Waals surface area contributed by atoms with Crippen LogP contribution in [0.5, 0.6) is 0 Å². The predicted octanol–water partition coefficient (Wildman–Crippen LogP) is 2.57. The molecule has 1 amide bonds. The largest absolute Gasteiger partial charge is 0.441 e. The first kappa shape index (κ1) is 21.7. The Labute approximate surface area is 193 Å². The van der Waals surface area contributed by atoms with Crippen LogP contribution in [0.25, 0.3) is 16.9 Å². The zero-order valence-electron chi connectivity index (χ0n) is 18.3. The lowest BCUT2D eigenvalue weighted by Gasteiger charge is -2.16. The normalized spacial score (nSPS) is 20.1. The van der Waals surface area contributed by atoms with E-state index in [4.69, 9.17) is 9.47 Å². The SMILES string of the molecule is CC(C)NC(=O)O[C@H]1CO[C@@H](c2cc(Nc3nc(-c4cncnc4)cc4nccn34)n[nH]2)[C@H]1F. The summed E-state index contributed by atoms with van der Waals surface area (Å²) in [7, 11) is 0. The van der Waals surface area contributed by atoms with Crippen molar-refractivity contribution in [3.8, 4) is 11.3 Å². The number of imidazole rings is 1. The first-order valence-corrected chi connectivity index (χ1v) is 10.6. The summed E-state index contributed by atoms with van der Waals surface area (Å²) in [6.07, 6.45) is 3.97. The lowest BCUT2D eigenvalue weighted by atomic mass is 10.1. The Hall–Kier alpha value is -4.13. The molecule has 4 aromatic rings. The van der Waals surface area contributed by atoms with Crippen molar-refractivity contribution in [1.82, 2.24) is 39.9 Å². The molecule has 0 aliphatic carbocycles. The van der Waals surface area contributed by atoms with E-state index in [1.165, 1.54) is 6.33 Å². The number of carbonyl (C=O) groups excluding carboxylic acids is 1. The van der Waals surface area contributed by atoms with Gasteiger partial charge in [0, 0.05) is 48.5 Å². The quantitative estimate of drug-likeness (QED) is 0.390. The Morgan fingerprint density at radius 3 is 2.94 bits per heavy atom. The molecule has 1 saturated heterocycles. The van der Waals surface area contributed by atoms with Crippen molar-refractivity contribution < 1.29 is 18.7 Å². The van der Waals surface area contributed by atoms with Gasteiger partial charge in [0.2, 0.25) is 5.95 Å². The maximum absolute atomic E-state index is 14.9. The first-order chi connectivity index (χ1) is 16.5. The number of aromatic nitrogens is 7. The number of amides is 1. The smallest absolute Gasteiger partial charge is 0.407 e. The van der Waals surface area contributed by atoms with Gasteiger partial charge < -0.3 is 20.1 Å². The minimum absolute atomic E-state index is 0.0580. The molecule has 1 aliphatic heterocycles. The molecule has 12 nitrogen and oxygen atoms in total. The highest BCUT2D eigenvalue weighted by Crippen LogP contribution is 2.33. The molecule has 3 N–H and O–H groups in total. The highest BCUT2D eigenvalue weighted by atomic mass is 19.1. The lowest BCUT2D eigenvalue weighted by molar-refractivity contribution is 0.0615. The molecule has 5 heterocycles. The molecule has 0 aromatic carbocycles. The van der Waals surface area contributed by atoms with E-state index in [9.17, 15) is 9.18 Å². The number of ether oxygens (including phenoxy) is 2. The number of anilines is 2. The van der Waals surface area contributed by atoms with Gasteiger partial charge in [-0.05, 0) is 13.8 Å². The third-order valence-electron chi connectivity index (χ3n) is 5.14. The fraction of sp³-hybridized carbons (Fsp3) is 0.333. The highest BCUT2D eigenvalue weighted by molar-refractivity contribution is 5.68. The van der Waals surface area contributed by atoms with E-state index >= 15 is 0 Å². The Bertz CT molecular complexity index is 1290. The van der Waals surface area contributed by atoms with E-state index in [0.29, 0.717) is 28.8 Å². The average molecular weight is 467 g/mol. The minimum atomic E-state index is -1.55. The fourth-order valence-electron chi connectivity index (χ4n) is 3.60. The third-order valence-corrected chi connectivity index (χ3v) is 5.14. The van der Waals surface area contributed by atoms with Gasteiger partial charge in [0.05, 0.1) is 18.0 Å². The van der Waals surface area contributed by atoms with Crippen molar-refractivity contribution in [3.63, 3.8) is 0 Å². The number of alkyl carbamates (subject to hydrolysis) is 1. The molecule has 0 spiro atoms. The van der Waals surface area contributed by atoms with Crippen molar-refractivity contribution >= 4 is 23.5 Å². The van der Waals surface area contributed by atoms with Crippen LogP contribution in [0, 0.1) is 0 Å². The minimum Gasteiger partial charge on any atom is -0.441 e. The van der Waals surface area contributed by atoms with Crippen LogP contribution >= 0.6 is 0 Å². The second-order valence-electron chi connectivity index (χ2n) is 8.02. The Kier molecular flexibility index (Phi) is 5.76. The molecule has 1 aliphatic rings. The summed E-state index contributed by atoms with van der Waals surface area (Å²) < 4.78 is 27.4. The molecule has 4 aromatic heterocycles. The summed E-state index contributed by atoms with van der Waals surface area (Å²) in [6, 6.07) is 3.32. The van der Waals surface area contributed by atoms with E-state index in [1.807, 2.05) is 6.07 Å². The molecule has 0 radical (unpaired) electrons. The van der Waals surface area contributed by atoms with Crippen LogP contribution in [0.3, 0.4) is 0 Å². The fourth-order valence-corrected chi connectivity index (χ4v) is 3.60. The Morgan fingerprint density at radius 1 is 1.32 bits per heavy atom. The molecule has 5 rings (SSSR count). The number of hydrogen-bond acceptors (Lipinski definition) is 9. The predicted molar refractivity (Wildman–Crippen MR) is 118 cm³/mol. The van der Waals surface area contributed by atoms with Gasteiger partial charge in [-0.3, -0.25) is 9.50 Å². The van der Waals surface area contributed by atoms with Crippen LogP contribution in [0.2, 0.25) is 0 Å². The van der Waals surface area contributed by atoms with Gasteiger partial charge in [0.15, 0.2) is 18.1 Å². The summed E-state index contributed by atoms with van der Waals surface area (Å²) in [4.78, 5) is 28.9. The van der Waals surface area contributed by atoms with Gasteiger partial charge >= 0.3 is 6.09 Å². The van der Waals surface area contributed by atoms with Gasteiger partial charge in [0.25, 0.3) is 0 Å². The number of alkyl halides is 1. The van der Waals surface area contributed by atoms with Gasteiger partial charge in [-0.2, -0.15) is 5.10 Å². The maximum Gasteiger partial charge on any atom is 0.407 e. The Balaban J connectivity index is 1.33. The number of carbonyl (C=O) groups is 1. The van der Waals surface area contributed by atoms with Crippen LogP contribution < -0.4 is 10.6 Å². The second kappa shape index (κ2) is 9.02. The molecule has 0 unspecified atom stereocenters. The van der Waals surface area contributed by atoms with E-state index < -0.39 is 24.5 Å². The molecule has 34 heavy (non-hydrogen) atoms. The molecular formula is C21H22FN9O3. The van der Waals surface area contributed by atoms with E-state index in [0.717, 1.165) is 5.56 Å². The van der Waals surface area contributed by atoms with Gasteiger partial charge in [-0.25, -0.2) is 29.1 Å². The summed E-state index contributed by atoms with van der Waals surface area (Å²) in [5.74, 6) is 0.847. The standard InChI is InChI=1S/C21H22FN9O3/c1-11(2)26-21(32)34-15-9-33-19(18(15)22)14-5-16(30-29-14)28-20-27-13(12-7-23-10-24-8-12)6-17-25-3-4-31(17)20/h3-8,10-11,15,18-19H,9H2,1-2H3,(H,26,32)(H2,27,28,29,30)/t15-,18-,19-/m0/s1. The lowest BCUT2D eigenvalue weighted by Crippen LogP contribution is -2.36. The number of fused-ring (bicyclic) bond motifs is 1. The topological polar surface area (TPSA) is 144 Å². The van der Waals surface area contributed by atoms with Crippen molar-refractivity contribution in [2.75, 3.05) is 11.9 Å². The van der Waals surface area contributed by atoms with E-state index in [1.54, 1.807) is 49.1 Å². The average Bonchev–Trinajstić information content (AvgIpc) is 3.55. The summed E-state index contributed by atoms with van der Waals surface area (Å²) >= 11 is 0. The molecule has 1 fully saturated rings. The van der Waals surface area contributed by atoms with Gasteiger partial charge in [-0.1, -0.05) is 0 Å². The third kappa shape index (κ3) is 4.37. The monoisotopic (exact) mass is 467 g/mol. The summed E-state index contributed by atoms with van der Waals surface area (Å²) in [5.41, 5.74) is 2.42. The molecule has 3 atom stereocenters. The van der Waals surface area contributed by atoms with Crippen LogP contribution in [-0.2, 0) is 9.47 Å². The summed E-state index contributed by atoms with van der Waals surface area (Å²) in [6.45, 7) is 3.52. The molecule has 176 valence electrons. The van der Waals surface area contributed by atoms with Crippen LogP contribution in [0.15, 0.2) is 43.2 Å². The van der Waals surface area contributed by atoms with Crippen molar-refractivity contribution in [2.24, 2.45) is 0 Å². The van der Waals surface area contributed by atoms with Crippen LogP contribution in [0.1, 0.15) is 25.6 Å². The van der Waals surface area contributed by atoms with E-state index in [-0.39, 0.29) is 12.6 Å². The molecule has 0 saturated carbocycles. The number of aromatic amines is 1. The number of H-pyrrole nitrogens is 1.